The minimum Gasteiger partial charge on any atom is -0.487 e. The number of ether oxygens (including phenoxy) is 1. The molecular weight excluding hydrogens is 442 g/mol. The van der Waals surface area contributed by atoms with Gasteiger partial charge in [-0.3, -0.25) is 9.59 Å². The van der Waals surface area contributed by atoms with E-state index in [2.05, 4.69) is 14.1 Å². The third-order valence-corrected chi connectivity index (χ3v) is 5.61. The highest BCUT2D eigenvalue weighted by Gasteiger charge is 2.50. The van der Waals surface area contributed by atoms with Crippen LogP contribution >= 0.6 is 11.7 Å². The summed E-state index contributed by atoms with van der Waals surface area (Å²) < 4.78 is 68.1. The lowest BCUT2D eigenvalue weighted by Crippen LogP contribution is -2.55. The van der Waals surface area contributed by atoms with Gasteiger partial charge in [0, 0.05) is 19.5 Å². The molecule has 1 aromatic carbocycles. The zero-order valence-electron chi connectivity index (χ0n) is 16.1. The minimum absolute atomic E-state index is 0.103. The molecule has 1 N–H and O–H groups in total. The van der Waals surface area contributed by atoms with Crippen LogP contribution in [0.2, 0.25) is 0 Å². The molecule has 3 heterocycles. The molecule has 4 rings (SSSR count). The first-order chi connectivity index (χ1) is 14.6. The summed E-state index contributed by atoms with van der Waals surface area (Å²) in [5.74, 6) is -6.20. The standard InChI is InChI=1S/C18H17F4N5O3S/c1-9(28)27-7-14(18(21,22)8-27)23-17(29)15-16(25-31-24-15)26-5-11(6-26)30-10-2-3-12(19)13(20)4-10/h2-4,11,14H,5-8H2,1H3,(H,23,29)/t14-/m1/s1. The van der Waals surface area contributed by atoms with E-state index in [1.807, 2.05) is 0 Å². The van der Waals surface area contributed by atoms with Crippen molar-refractivity contribution in [3.05, 3.63) is 35.5 Å². The Kier molecular flexibility index (Phi) is 5.45. The number of alkyl halides is 2. The van der Waals surface area contributed by atoms with Crippen LogP contribution < -0.4 is 15.0 Å². The predicted octanol–water partition coefficient (Wildman–Crippen LogP) is 1.68. The highest BCUT2D eigenvalue weighted by Crippen LogP contribution is 2.30. The average Bonchev–Trinajstić information content (AvgIpc) is 3.25. The molecule has 1 atom stereocenters. The summed E-state index contributed by atoms with van der Waals surface area (Å²) >= 11 is 0.758. The number of carbonyl (C=O) groups excluding carboxylic acids is 2. The van der Waals surface area contributed by atoms with Crippen molar-refractivity contribution >= 4 is 29.4 Å². The molecule has 0 aliphatic carbocycles. The van der Waals surface area contributed by atoms with Gasteiger partial charge in [-0.2, -0.15) is 8.75 Å². The van der Waals surface area contributed by atoms with Gasteiger partial charge in [0.25, 0.3) is 11.8 Å². The van der Waals surface area contributed by atoms with Crippen molar-refractivity contribution in [1.82, 2.24) is 19.0 Å². The molecule has 2 fully saturated rings. The monoisotopic (exact) mass is 459 g/mol. The van der Waals surface area contributed by atoms with Gasteiger partial charge in [0.15, 0.2) is 23.1 Å². The van der Waals surface area contributed by atoms with Crippen molar-refractivity contribution in [2.24, 2.45) is 0 Å². The minimum atomic E-state index is -3.26. The Morgan fingerprint density at radius 2 is 1.94 bits per heavy atom. The van der Waals surface area contributed by atoms with Crippen LogP contribution in [0.15, 0.2) is 18.2 Å². The van der Waals surface area contributed by atoms with Gasteiger partial charge >= 0.3 is 0 Å². The summed E-state index contributed by atoms with van der Waals surface area (Å²) in [5.41, 5.74) is -0.103. The van der Waals surface area contributed by atoms with Crippen LogP contribution in [0.25, 0.3) is 0 Å². The topological polar surface area (TPSA) is 87.7 Å². The number of hydrogen-bond acceptors (Lipinski definition) is 7. The Balaban J connectivity index is 1.37. The van der Waals surface area contributed by atoms with Gasteiger partial charge in [-0.1, -0.05) is 0 Å². The van der Waals surface area contributed by atoms with Crippen molar-refractivity contribution in [2.75, 3.05) is 31.1 Å². The lowest BCUT2D eigenvalue weighted by Gasteiger charge is -2.39. The molecule has 2 aromatic rings. The fourth-order valence-corrected chi connectivity index (χ4v) is 3.93. The van der Waals surface area contributed by atoms with E-state index in [0.717, 1.165) is 28.8 Å². The van der Waals surface area contributed by atoms with E-state index < -0.39 is 42.0 Å². The van der Waals surface area contributed by atoms with Crippen molar-refractivity contribution < 1.29 is 31.9 Å². The summed E-state index contributed by atoms with van der Waals surface area (Å²) in [7, 11) is 0. The van der Waals surface area contributed by atoms with Crippen LogP contribution in [0.5, 0.6) is 5.75 Å². The molecule has 8 nitrogen and oxygen atoms in total. The van der Waals surface area contributed by atoms with Gasteiger partial charge in [-0.05, 0) is 12.1 Å². The molecule has 1 aromatic heterocycles. The summed E-state index contributed by atoms with van der Waals surface area (Å²) in [6.45, 7) is 0.718. The third kappa shape index (κ3) is 4.27. The molecule has 0 bridgehead atoms. The Bertz CT molecular complexity index is 1010. The number of likely N-dealkylation sites (tertiary alicyclic amines) is 1. The number of benzene rings is 1. The largest absolute Gasteiger partial charge is 0.487 e. The first-order valence-electron chi connectivity index (χ1n) is 9.27. The van der Waals surface area contributed by atoms with Gasteiger partial charge in [0.05, 0.1) is 31.4 Å². The van der Waals surface area contributed by atoms with Crippen LogP contribution in [-0.2, 0) is 4.79 Å². The van der Waals surface area contributed by atoms with E-state index in [-0.39, 0.29) is 29.9 Å². The highest BCUT2D eigenvalue weighted by atomic mass is 32.1. The van der Waals surface area contributed by atoms with Gasteiger partial charge in [-0.15, -0.1) is 0 Å². The van der Waals surface area contributed by atoms with Crippen LogP contribution in [0.4, 0.5) is 23.4 Å². The molecule has 0 saturated carbocycles. The summed E-state index contributed by atoms with van der Waals surface area (Å²) in [6.07, 6.45) is -0.356. The van der Waals surface area contributed by atoms with Gasteiger partial charge in [0.2, 0.25) is 5.91 Å². The zero-order chi connectivity index (χ0) is 22.3. The first-order valence-corrected chi connectivity index (χ1v) is 10.0. The molecular formula is C18H17F4N5O3S. The molecule has 13 heteroatoms. The van der Waals surface area contributed by atoms with Gasteiger partial charge < -0.3 is 19.9 Å². The molecule has 166 valence electrons. The van der Waals surface area contributed by atoms with Crippen LogP contribution in [0, 0.1) is 11.6 Å². The van der Waals surface area contributed by atoms with E-state index in [0.29, 0.717) is 13.1 Å². The number of anilines is 1. The third-order valence-electron chi connectivity index (χ3n) is 5.09. The summed E-state index contributed by atoms with van der Waals surface area (Å²) in [6, 6.07) is 1.67. The number of hydrogen-bond donors (Lipinski definition) is 1. The maximum absolute atomic E-state index is 14.2. The molecule has 2 aliphatic rings. The van der Waals surface area contributed by atoms with E-state index in [4.69, 9.17) is 4.74 Å². The van der Waals surface area contributed by atoms with Crippen LogP contribution in [-0.4, -0.2) is 69.7 Å². The lowest BCUT2D eigenvalue weighted by atomic mass is 10.1. The van der Waals surface area contributed by atoms with Gasteiger partial charge in [0.1, 0.15) is 17.9 Å². The first kappa shape index (κ1) is 21.3. The van der Waals surface area contributed by atoms with Gasteiger partial charge in [-0.25, -0.2) is 17.6 Å². The Labute approximate surface area is 178 Å². The Morgan fingerprint density at radius 3 is 2.58 bits per heavy atom. The normalized spacial score (nSPS) is 20.5. The van der Waals surface area contributed by atoms with Crippen molar-refractivity contribution in [2.45, 2.75) is 25.0 Å². The summed E-state index contributed by atoms with van der Waals surface area (Å²) in [4.78, 5) is 26.6. The number of nitrogens with zero attached hydrogens (tertiary/aromatic N) is 4. The van der Waals surface area contributed by atoms with E-state index in [1.165, 1.54) is 13.0 Å². The van der Waals surface area contributed by atoms with Crippen molar-refractivity contribution in [1.29, 1.82) is 0 Å². The molecule has 2 amide bonds. The van der Waals surface area contributed by atoms with Crippen molar-refractivity contribution in [3.63, 3.8) is 0 Å². The maximum Gasteiger partial charge on any atom is 0.286 e. The number of aromatic nitrogens is 2. The fraction of sp³-hybridized carbons (Fsp3) is 0.444. The molecule has 0 unspecified atom stereocenters. The average molecular weight is 459 g/mol. The second kappa shape index (κ2) is 7.94. The molecule has 31 heavy (non-hydrogen) atoms. The fourth-order valence-electron chi connectivity index (χ4n) is 3.36. The zero-order valence-corrected chi connectivity index (χ0v) is 17.0. The Hall–Kier alpha value is -2.96. The maximum atomic E-state index is 14.2. The SMILES string of the molecule is CC(=O)N1C[C@@H](NC(=O)c2nsnc2N2CC(Oc3ccc(F)c(F)c3)C2)C(F)(F)C1. The number of nitrogens with one attached hydrogen (secondary N) is 1. The highest BCUT2D eigenvalue weighted by molar-refractivity contribution is 6.99. The second-order valence-electron chi connectivity index (χ2n) is 7.34. The van der Waals surface area contributed by atoms with Crippen LogP contribution in [0.3, 0.4) is 0 Å². The number of amides is 2. The van der Waals surface area contributed by atoms with E-state index in [1.54, 1.807) is 4.90 Å². The quantitative estimate of drug-likeness (QED) is 0.685. The smallest absolute Gasteiger partial charge is 0.286 e. The Morgan fingerprint density at radius 1 is 1.19 bits per heavy atom. The van der Waals surface area contributed by atoms with Crippen molar-refractivity contribution in [3.8, 4) is 5.75 Å². The summed E-state index contributed by atoms with van der Waals surface area (Å²) in [5, 5.41) is 2.25. The molecule has 2 saturated heterocycles. The molecule has 2 aliphatic heterocycles. The molecule has 0 radical (unpaired) electrons. The molecule has 0 spiro atoms. The predicted molar refractivity (Wildman–Crippen MR) is 101 cm³/mol. The number of rotatable bonds is 5. The second-order valence-corrected chi connectivity index (χ2v) is 7.87. The van der Waals surface area contributed by atoms with Crippen LogP contribution in [0.1, 0.15) is 17.4 Å². The number of carbonyl (C=O) groups is 2. The van der Waals surface area contributed by atoms with E-state index in [9.17, 15) is 27.2 Å². The number of halogens is 4. The van der Waals surface area contributed by atoms with E-state index >= 15 is 0 Å². The lowest BCUT2D eigenvalue weighted by molar-refractivity contribution is -0.129.